The number of carbonyl (C=O) groups excluding carboxylic acids is 2. The topological polar surface area (TPSA) is 95.9 Å². The highest BCUT2D eigenvalue weighted by Crippen LogP contribution is 2.19. The Labute approximate surface area is 380 Å². The Morgan fingerprint density at radius 2 is 0.885 bits per heavy atom. The first-order valence-corrected chi connectivity index (χ1v) is 27.1. The van der Waals surface area contributed by atoms with Crippen LogP contribution in [0.1, 0.15) is 290 Å². The van der Waals surface area contributed by atoms with Crippen LogP contribution >= 0.6 is 0 Å². The van der Waals surface area contributed by atoms with E-state index in [1.54, 1.807) is 0 Å². The third-order valence-corrected chi connectivity index (χ3v) is 12.5. The maximum Gasteiger partial charge on any atom is 0.306 e. The zero-order valence-electron chi connectivity index (χ0n) is 41.1. The Kier molecular flexibility index (Phi) is 48.0. The molecule has 0 fully saturated rings. The van der Waals surface area contributed by atoms with Crippen LogP contribution in [0.15, 0.2) is 24.3 Å². The van der Waals surface area contributed by atoms with Crippen molar-refractivity contribution in [3.05, 3.63) is 24.3 Å². The minimum atomic E-state index is -0.784. The van der Waals surface area contributed by atoms with Crippen molar-refractivity contribution in [2.45, 2.75) is 309 Å². The molecule has 0 aliphatic heterocycles. The van der Waals surface area contributed by atoms with Crippen molar-refractivity contribution in [3.8, 4) is 0 Å². The van der Waals surface area contributed by atoms with E-state index in [1.165, 1.54) is 180 Å². The molecule has 0 aliphatic rings. The quantitative estimate of drug-likeness (QED) is 0.0322. The van der Waals surface area contributed by atoms with Gasteiger partial charge in [-0.1, -0.05) is 251 Å². The Hall–Kier alpha value is -1.66. The second kappa shape index (κ2) is 49.4. The predicted octanol–water partition coefficient (Wildman–Crippen LogP) is 16.3. The molecule has 0 bridgehead atoms. The lowest BCUT2D eigenvalue weighted by atomic mass is 10.0. The summed E-state index contributed by atoms with van der Waals surface area (Å²) in [6.07, 6.45) is 56.7. The number of ether oxygens (including phenoxy) is 1. The lowest BCUT2D eigenvalue weighted by Gasteiger charge is -2.24. The Balaban J connectivity index is 4.44. The number of aliphatic hydroxyl groups is 2. The number of rotatable bonds is 49. The molecule has 6 heteroatoms. The molecular formula is C55H105NO5. The molecule has 6 nitrogen and oxygen atoms in total. The van der Waals surface area contributed by atoms with E-state index >= 15 is 0 Å². The van der Waals surface area contributed by atoms with E-state index in [9.17, 15) is 19.8 Å². The predicted molar refractivity (Wildman–Crippen MR) is 264 cm³/mol. The van der Waals surface area contributed by atoms with Gasteiger partial charge in [0.25, 0.3) is 0 Å². The summed E-state index contributed by atoms with van der Waals surface area (Å²) in [6.45, 7) is 6.40. The highest BCUT2D eigenvalue weighted by molar-refractivity contribution is 5.77. The number of esters is 1. The normalized spacial score (nSPS) is 13.3. The number of unbranched alkanes of at least 4 members (excludes halogenated alkanes) is 33. The Morgan fingerprint density at radius 3 is 1.33 bits per heavy atom. The largest absolute Gasteiger partial charge is 0.462 e. The Morgan fingerprint density at radius 1 is 0.492 bits per heavy atom. The van der Waals surface area contributed by atoms with Crippen LogP contribution in [0.25, 0.3) is 0 Å². The fourth-order valence-corrected chi connectivity index (χ4v) is 8.47. The fourth-order valence-electron chi connectivity index (χ4n) is 8.47. The SMILES string of the molecule is CC/C=C/C/C=C/CCCCCCCCCC(=O)OC(CCCCCCCCCCCCC)CC(=O)NC(CO)C(O)CCCCCCCCCCCCCCCCCCC. The van der Waals surface area contributed by atoms with E-state index < -0.39 is 18.2 Å². The standard InChI is InChI=1S/C55H105NO5/c1-4-7-10-13-16-19-22-24-26-27-28-29-32-35-38-41-44-47-53(58)52(50-57)56-54(59)49-51(46-43-40-37-34-31-21-18-15-12-9-6-3)61-55(60)48-45-42-39-36-33-30-25-23-20-17-14-11-8-5-2/h8,11,17,20,51-53,57-58H,4-7,9-10,12-16,18-19,21-50H2,1-3H3,(H,56,59)/b11-8+,20-17+. The molecule has 0 heterocycles. The van der Waals surface area contributed by atoms with Gasteiger partial charge in [0, 0.05) is 6.42 Å². The van der Waals surface area contributed by atoms with Crippen LogP contribution in [0.5, 0.6) is 0 Å². The summed E-state index contributed by atoms with van der Waals surface area (Å²) in [5, 5.41) is 23.8. The van der Waals surface area contributed by atoms with Gasteiger partial charge in [-0.05, 0) is 51.4 Å². The Bertz CT molecular complexity index is 966. The molecule has 0 saturated heterocycles. The minimum absolute atomic E-state index is 0.0798. The van der Waals surface area contributed by atoms with E-state index in [0.717, 1.165) is 64.2 Å². The molecular weight excluding hydrogens is 755 g/mol. The van der Waals surface area contributed by atoms with Crippen LogP contribution < -0.4 is 5.32 Å². The van der Waals surface area contributed by atoms with Gasteiger partial charge in [-0.25, -0.2) is 0 Å². The average Bonchev–Trinajstić information content (AvgIpc) is 3.25. The highest BCUT2D eigenvalue weighted by Gasteiger charge is 2.24. The first-order chi connectivity index (χ1) is 30.0. The minimum Gasteiger partial charge on any atom is -0.462 e. The number of allylic oxidation sites excluding steroid dienone is 4. The lowest BCUT2D eigenvalue weighted by Crippen LogP contribution is -2.46. The maximum absolute atomic E-state index is 13.2. The van der Waals surface area contributed by atoms with Crippen molar-refractivity contribution >= 4 is 11.9 Å². The van der Waals surface area contributed by atoms with E-state index in [2.05, 4.69) is 50.4 Å². The van der Waals surface area contributed by atoms with Crippen molar-refractivity contribution in [2.75, 3.05) is 6.61 Å². The zero-order valence-corrected chi connectivity index (χ0v) is 41.1. The van der Waals surface area contributed by atoms with E-state index in [1.807, 2.05) is 0 Å². The molecule has 3 unspecified atom stereocenters. The summed E-state index contributed by atoms with van der Waals surface area (Å²) in [4.78, 5) is 26.1. The van der Waals surface area contributed by atoms with Gasteiger partial charge < -0.3 is 20.3 Å². The summed E-state index contributed by atoms with van der Waals surface area (Å²) in [7, 11) is 0. The number of nitrogens with one attached hydrogen (secondary N) is 1. The van der Waals surface area contributed by atoms with Gasteiger partial charge in [0.05, 0.1) is 25.2 Å². The van der Waals surface area contributed by atoms with Gasteiger partial charge in [-0.3, -0.25) is 9.59 Å². The van der Waals surface area contributed by atoms with Gasteiger partial charge in [-0.15, -0.1) is 0 Å². The summed E-state index contributed by atoms with van der Waals surface area (Å²) in [5.41, 5.74) is 0. The van der Waals surface area contributed by atoms with Crippen molar-refractivity contribution in [1.82, 2.24) is 5.32 Å². The third-order valence-electron chi connectivity index (χ3n) is 12.5. The average molecular weight is 860 g/mol. The van der Waals surface area contributed by atoms with Crippen LogP contribution in [-0.2, 0) is 14.3 Å². The van der Waals surface area contributed by atoms with Crippen molar-refractivity contribution in [3.63, 3.8) is 0 Å². The molecule has 0 radical (unpaired) electrons. The summed E-state index contributed by atoms with van der Waals surface area (Å²) >= 11 is 0. The summed E-state index contributed by atoms with van der Waals surface area (Å²) < 4.78 is 5.93. The molecule has 0 aromatic carbocycles. The number of carbonyl (C=O) groups is 2. The zero-order chi connectivity index (χ0) is 44.5. The summed E-state index contributed by atoms with van der Waals surface area (Å²) in [5.74, 6) is -0.468. The molecule has 0 aromatic rings. The van der Waals surface area contributed by atoms with Crippen LogP contribution in [0.2, 0.25) is 0 Å². The molecule has 0 rings (SSSR count). The second-order valence-corrected chi connectivity index (χ2v) is 18.6. The lowest BCUT2D eigenvalue weighted by molar-refractivity contribution is -0.151. The molecule has 360 valence electrons. The molecule has 0 spiro atoms. The van der Waals surface area contributed by atoms with Gasteiger partial charge in [0.2, 0.25) is 5.91 Å². The van der Waals surface area contributed by atoms with E-state index in [-0.39, 0.29) is 24.9 Å². The first kappa shape index (κ1) is 59.3. The summed E-state index contributed by atoms with van der Waals surface area (Å²) in [6, 6.07) is -0.698. The van der Waals surface area contributed by atoms with Crippen molar-refractivity contribution in [2.24, 2.45) is 0 Å². The van der Waals surface area contributed by atoms with E-state index in [4.69, 9.17) is 4.74 Å². The second-order valence-electron chi connectivity index (χ2n) is 18.6. The van der Waals surface area contributed by atoms with Gasteiger partial charge in [-0.2, -0.15) is 0 Å². The van der Waals surface area contributed by atoms with Crippen molar-refractivity contribution in [1.29, 1.82) is 0 Å². The van der Waals surface area contributed by atoms with Crippen molar-refractivity contribution < 1.29 is 24.5 Å². The third kappa shape index (κ3) is 44.7. The highest BCUT2D eigenvalue weighted by atomic mass is 16.5. The monoisotopic (exact) mass is 860 g/mol. The fraction of sp³-hybridized carbons (Fsp3) is 0.891. The van der Waals surface area contributed by atoms with Crippen LogP contribution in [0, 0.1) is 0 Å². The molecule has 0 aromatic heterocycles. The van der Waals surface area contributed by atoms with Crippen LogP contribution in [0.3, 0.4) is 0 Å². The smallest absolute Gasteiger partial charge is 0.306 e. The molecule has 0 saturated carbocycles. The maximum atomic E-state index is 13.2. The van der Waals surface area contributed by atoms with Gasteiger partial charge in [0.15, 0.2) is 0 Å². The molecule has 61 heavy (non-hydrogen) atoms. The van der Waals surface area contributed by atoms with Crippen LogP contribution in [0.4, 0.5) is 0 Å². The van der Waals surface area contributed by atoms with E-state index in [0.29, 0.717) is 19.3 Å². The van der Waals surface area contributed by atoms with Gasteiger partial charge >= 0.3 is 5.97 Å². The molecule has 3 N–H and O–H groups in total. The molecule has 3 atom stereocenters. The number of amides is 1. The first-order valence-electron chi connectivity index (χ1n) is 27.1. The molecule has 0 aliphatic carbocycles. The number of hydrogen-bond acceptors (Lipinski definition) is 5. The number of aliphatic hydroxyl groups excluding tert-OH is 2. The van der Waals surface area contributed by atoms with Crippen LogP contribution in [-0.4, -0.2) is 46.9 Å². The van der Waals surface area contributed by atoms with Gasteiger partial charge in [0.1, 0.15) is 6.10 Å². The number of hydrogen-bond donors (Lipinski definition) is 3. The molecule has 1 amide bonds.